The number of nitrogens with zero attached hydrogens (tertiary/aromatic N) is 2. The lowest BCUT2D eigenvalue weighted by Crippen LogP contribution is -2.35. The molecular weight excluding hydrogens is 296 g/mol. The highest BCUT2D eigenvalue weighted by atomic mass is 16.5. The summed E-state index contributed by atoms with van der Waals surface area (Å²) >= 11 is 0. The molecule has 0 saturated carbocycles. The summed E-state index contributed by atoms with van der Waals surface area (Å²) < 4.78 is 5.34. The smallest absolute Gasteiger partial charge is 0.278 e. The fraction of sp³-hybridized carbons (Fsp3) is 0.333. The normalized spacial score (nSPS) is 15.5. The zero-order chi connectivity index (χ0) is 16.2. The standard InChI is InChI=1S/C15H20N6O2/c16-11-7-10(9-21-3-5-23-6-4-21)1-2-13(11)19-15(22)14-12(17)8-18-20-14/h1-2,7-8H,3-6,9,16-17H2,(H,18,20)(H,19,22). The van der Waals surface area contributed by atoms with E-state index in [0.29, 0.717) is 17.1 Å². The Bertz CT molecular complexity index is 693. The SMILES string of the molecule is Nc1cc(CN2CCOCC2)ccc1NC(=O)c1n[nH]cc1N. The van der Waals surface area contributed by atoms with Crippen LogP contribution >= 0.6 is 0 Å². The number of carbonyl (C=O) groups excluding carboxylic acids is 1. The van der Waals surface area contributed by atoms with Crippen LogP contribution in [0.2, 0.25) is 0 Å². The number of aromatic nitrogens is 2. The lowest BCUT2D eigenvalue weighted by Gasteiger charge is -2.26. The Hall–Kier alpha value is -2.58. The highest BCUT2D eigenvalue weighted by Crippen LogP contribution is 2.22. The summed E-state index contributed by atoms with van der Waals surface area (Å²) in [6.45, 7) is 4.16. The molecule has 1 aliphatic heterocycles. The average molecular weight is 316 g/mol. The molecule has 1 amide bonds. The lowest BCUT2D eigenvalue weighted by molar-refractivity contribution is 0.0342. The molecule has 0 aliphatic carbocycles. The van der Waals surface area contributed by atoms with E-state index in [-0.39, 0.29) is 5.69 Å². The Labute approximate surface area is 133 Å². The number of hydrogen-bond acceptors (Lipinski definition) is 6. The van der Waals surface area contributed by atoms with Crippen LogP contribution in [0.25, 0.3) is 0 Å². The minimum Gasteiger partial charge on any atom is -0.397 e. The second kappa shape index (κ2) is 6.67. The highest BCUT2D eigenvalue weighted by Gasteiger charge is 2.15. The van der Waals surface area contributed by atoms with Crippen molar-refractivity contribution in [3.8, 4) is 0 Å². The first kappa shape index (κ1) is 15.3. The Kier molecular flexibility index (Phi) is 4.45. The van der Waals surface area contributed by atoms with Gasteiger partial charge < -0.3 is 21.5 Å². The molecule has 0 radical (unpaired) electrons. The maximum Gasteiger partial charge on any atom is 0.278 e. The van der Waals surface area contributed by atoms with Crippen LogP contribution in [-0.4, -0.2) is 47.3 Å². The summed E-state index contributed by atoms with van der Waals surface area (Å²) in [5, 5.41) is 9.09. The van der Waals surface area contributed by atoms with Crippen molar-refractivity contribution in [2.45, 2.75) is 6.54 Å². The average Bonchev–Trinajstić information content (AvgIpc) is 2.97. The monoisotopic (exact) mass is 316 g/mol. The van der Waals surface area contributed by atoms with E-state index in [1.54, 1.807) is 6.07 Å². The molecule has 0 bridgehead atoms. The number of benzene rings is 1. The van der Waals surface area contributed by atoms with E-state index >= 15 is 0 Å². The van der Waals surface area contributed by atoms with Gasteiger partial charge in [-0.05, 0) is 17.7 Å². The molecule has 8 heteroatoms. The highest BCUT2D eigenvalue weighted by molar-refractivity contribution is 6.07. The van der Waals surface area contributed by atoms with Crippen LogP contribution in [0, 0.1) is 0 Å². The number of H-pyrrole nitrogens is 1. The van der Waals surface area contributed by atoms with Crippen LogP contribution in [0.5, 0.6) is 0 Å². The van der Waals surface area contributed by atoms with E-state index in [2.05, 4.69) is 20.4 Å². The van der Waals surface area contributed by atoms with Gasteiger partial charge in [-0.25, -0.2) is 0 Å². The third-order valence-electron chi connectivity index (χ3n) is 3.76. The van der Waals surface area contributed by atoms with E-state index in [1.165, 1.54) is 6.20 Å². The van der Waals surface area contributed by atoms with Crippen molar-refractivity contribution >= 4 is 23.0 Å². The third kappa shape index (κ3) is 3.61. The molecule has 1 aromatic heterocycles. The summed E-state index contributed by atoms with van der Waals surface area (Å²) in [6.07, 6.45) is 1.46. The molecule has 1 aromatic carbocycles. The van der Waals surface area contributed by atoms with Gasteiger partial charge in [0.1, 0.15) is 0 Å². The van der Waals surface area contributed by atoms with Gasteiger partial charge in [-0.15, -0.1) is 0 Å². The van der Waals surface area contributed by atoms with E-state index in [1.807, 2.05) is 12.1 Å². The van der Waals surface area contributed by atoms with Gasteiger partial charge in [-0.1, -0.05) is 6.07 Å². The molecule has 1 saturated heterocycles. The Balaban J connectivity index is 1.67. The summed E-state index contributed by atoms with van der Waals surface area (Å²) in [5.41, 5.74) is 14.3. The number of rotatable bonds is 4. The Morgan fingerprint density at radius 2 is 2.09 bits per heavy atom. The first-order valence-corrected chi connectivity index (χ1v) is 7.42. The topological polar surface area (TPSA) is 122 Å². The van der Waals surface area contributed by atoms with Gasteiger partial charge in [-0.3, -0.25) is 14.8 Å². The Morgan fingerprint density at radius 3 is 2.74 bits per heavy atom. The van der Waals surface area contributed by atoms with Gasteiger partial charge in [0.15, 0.2) is 5.69 Å². The molecule has 2 heterocycles. The number of nitrogens with one attached hydrogen (secondary N) is 2. The molecular formula is C15H20N6O2. The summed E-state index contributed by atoms with van der Waals surface area (Å²) in [6, 6.07) is 5.63. The van der Waals surface area contributed by atoms with Crippen LogP contribution in [0.3, 0.4) is 0 Å². The second-order valence-electron chi connectivity index (χ2n) is 5.45. The molecule has 0 spiro atoms. The Morgan fingerprint density at radius 1 is 1.30 bits per heavy atom. The number of amides is 1. The van der Waals surface area contributed by atoms with Crippen LogP contribution in [0.4, 0.5) is 17.1 Å². The molecule has 1 fully saturated rings. The maximum absolute atomic E-state index is 12.1. The van der Waals surface area contributed by atoms with Crippen LogP contribution in [0.15, 0.2) is 24.4 Å². The largest absolute Gasteiger partial charge is 0.397 e. The van der Waals surface area contributed by atoms with Gasteiger partial charge in [0.2, 0.25) is 0 Å². The second-order valence-corrected chi connectivity index (χ2v) is 5.45. The van der Waals surface area contributed by atoms with Crippen LogP contribution in [0.1, 0.15) is 16.1 Å². The number of ether oxygens (including phenoxy) is 1. The van der Waals surface area contributed by atoms with Crippen LogP contribution < -0.4 is 16.8 Å². The number of carbonyl (C=O) groups is 1. The molecule has 0 atom stereocenters. The van der Waals surface area contributed by atoms with Gasteiger partial charge in [0.25, 0.3) is 5.91 Å². The van der Waals surface area contributed by atoms with Gasteiger partial charge in [0.05, 0.1) is 30.3 Å². The fourth-order valence-electron chi connectivity index (χ4n) is 2.50. The fourth-order valence-corrected chi connectivity index (χ4v) is 2.50. The quantitative estimate of drug-likeness (QED) is 0.615. The third-order valence-corrected chi connectivity index (χ3v) is 3.76. The molecule has 2 aromatic rings. The number of aromatic amines is 1. The van der Waals surface area contributed by atoms with E-state index in [9.17, 15) is 4.79 Å². The summed E-state index contributed by atoms with van der Waals surface area (Å²) in [4.78, 5) is 14.4. The lowest BCUT2D eigenvalue weighted by atomic mass is 10.1. The molecule has 122 valence electrons. The molecule has 23 heavy (non-hydrogen) atoms. The number of hydrogen-bond donors (Lipinski definition) is 4. The molecule has 3 rings (SSSR count). The van der Waals surface area contributed by atoms with Gasteiger partial charge >= 0.3 is 0 Å². The summed E-state index contributed by atoms with van der Waals surface area (Å²) in [7, 11) is 0. The zero-order valence-corrected chi connectivity index (χ0v) is 12.7. The van der Waals surface area contributed by atoms with Crippen molar-refractivity contribution in [1.29, 1.82) is 0 Å². The molecule has 1 aliphatic rings. The van der Waals surface area contributed by atoms with Crippen molar-refractivity contribution in [1.82, 2.24) is 15.1 Å². The summed E-state index contributed by atoms with van der Waals surface area (Å²) in [5.74, 6) is -0.392. The predicted molar refractivity (Wildman–Crippen MR) is 87.9 cm³/mol. The van der Waals surface area contributed by atoms with Crippen molar-refractivity contribution in [3.05, 3.63) is 35.7 Å². The van der Waals surface area contributed by atoms with Gasteiger partial charge in [-0.2, -0.15) is 5.10 Å². The van der Waals surface area contributed by atoms with E-state index in [0.717, 1.165) is 38.4 Å². The predicted octanol–water partition coefficient (Wildman–Crippen LogP) is 0.659. The van der Waals surface area contributed by atoms with E-state index < -0.39 is 5.91 Å². The van der Waals surface area contributed by atoms with Crippen molar-refractivity contribution < 1.29 is 9.53 Å². The van der Waals surface area contributed by atoms with Crippen molar-refractivity contribution in [2.75, 3.05) is 43.1 Å². The zero-order valence-electron chi connectivity index (χ0n) is 12.7. The van der Waals surface area contributed by atoms with E-state index in [4.69, 9.17) is 16.2 Å². The number of nitrogens with two attached hydrogens (primary N) is 2. The first-order chi connectivity index (χ1) is 11.1. The van der Waals surface area contributed by atoms with Crippen LogP contribution in [-0.2, 0) is 11.3 Å². The molecule has 0 unspecified atom stereocenters. The maximum atomic E-state index is 12.1. The minimum atomic E-state index is -0.392. The molecule has 8 nitrogen and oxygen atoms in total. The van der Waals surface area contributed by atoms with Gasteiger partial charge in [0, 0.05) is 25.8 Å². The first-order valence-electron chi connectivity index (χ1n) is 7.42. The van der Waals surface area contributed by atoms with Crippen molar-refractivity contribution in [2.24, 2.45) is 0 Å². The number of anilines is 3. The molecule has 6 N–H and O–H groups in total. The minimum absolute atomic E-state index is 0.154. The number of morpholine rings is 1. The number of nitrogen functional groups attached to an aromatic ring is 2. The van der Waals surface area contributed by atoms with Crippen molar-refractivity contribution in [3.63, 3.8) is 0 Å².